The van der Waals surface area contributed by atoms with Crippen molar-refractivity contribution in [1.82, 2.24) is 10.3 Å². The van der Waals surface area contributed by atoms with E-state index in [0.29, 0.717) is 5.13 Å². The topological polar surface area (TPSA) is 84.2 Å². The molecule has 0 aliphatic heterocycles. The second-order valence-electron chi connectivity index (χ2n) is 5.13. The lowest BCUT2D eigenvalue weighted by Crippen LogP contribution is -2.27. The number of aromatic nitrogens is 1. The normalized spacial score (nSPS) is 13.5. The number of hydrogen-bond donors (Lipinski definition) is 2. The van der Waals surface area contributed by atoms with Gasteiger partial charge in [-0.05, 0) is 37.8 Å². The molecule has 0 bridgehead atoms. The summed E-state index contributed by atoms with van der Waals surface area (Å²) in [6.45, 7) is 0.260. The number of nitrogens with zero attached hydrogens (tertiary/aromatic N) is 1. The summed E-state index contributed by atoms with van der Waals surface area (Å²) in [4.78, 5) is 29.2. The van der Waals surface area contributed by atoms with Gasteiger partial charge in [0.1, 0.15) is 0 Å². The molecule has 0 fully saturated rings. The molecule has 1 aliphatic carbocycles. The maximum Gasteiger partial charge on any atom is 0.286 e. The number of hydrogen-bond acceptors (Lipinski definition) is 5. The van der Waals surface area contributed by atoms with E-state index in [1.165, 1.54) is 24.0 Å². The maximum atomic E-state index is 11.9. The fraction of sp³-hybridized carbons (Fsp3) is 0.400. The molecule has 1 aliphatic rings. The third kappa shape index (κ3) is 3.54. The SMILES string of the molecule is O=C(CCNC(=O)c1ccco1)Nc1nc2c(s1)CCCC2. The first-order chi connectivity index (χ1) is 10.7. The van der Waals surface area contributed by atoms with Crippen molar-refractivity contribution < 1.29 is 14.0 Å². The molecule has 6 nitrogen and oxygen atoms in total. The summed E-state index contributed by atoms with van der Waals surface area (Å²) in [5, 5.41) is 6.10. The Morgan fingerprint density at radius 3 is 2.95 bits per heavy atom. The number of nitrogens with one attached hydrogen (secondary N) is 2. The first-order valence-corrected chi connectivity index (χ1v) is 8.14. The van der Waals surface area contributed by atoms with Crippen molar-refractivity contribution in [2.45, 2.75) is 32.1 Å². The Balaban J connectivity index is 1.44. The van der Waals surface area contributed by atoms with Crippen LogP contribution in [0.1, 0.15) is 40.4 Å². The van der Waals surface area contributed by atoms with E-state index < -0.39 is 0 Å². The van der Waals surface area contributed by atoms with Gasteiger partial charge < -0.3 is 15.1 Å². The molecule has 0 spiro atoms. The van der Waals surface area contributed by atoms with Crippen molar-refractivity contribution in [2.24, 2.45) is 0 Å². The number of anilines is 1. The molecular weight excluding hydrogens is 302 g/mol. The number of amides is 2. The monoisotopic (exact) mass is 319 g/mol. The molecule has 0 atom stereocenters. The molecule has 0 unspecified atom stereocenters. The number of fused-ring (bicyclic) bond motifs is 1. The lowest BCUT2D eigenvalue weighted by atomic mass is 10.0. The zero-order valence-electron chi connectivity index (χ0n) is 12.1. The van der Waals surface area contributed by atoms with Crippen molar-refractivity contribution in [1.29, 1.82) is 0 Å². The van der Waals surface area contributed by atoms with Crippen LogP contribution >= 0.6 is 11.3 Å². The van der Waals surface area contributed by atoms with Gasteiger partial charge in [0.05, 0.1) is 12.0 Å². The highest BCUT2D eigenvalue weighted by Gasteiger charge is 2.16. The lowest BCUT2D eigenvalue weighted by Gasteiger charge is -2.06. The number of aryl methyl sites for hydroxylation is 2. The minimum atomic E-state index is -0.317. The summed E-state index contributed by atoms with van der Waals surface area (Å²) < 4.78 is 4.97. The molecule has 116 valence electrons. The highest BCUT2D eigenvalue weighted by Crippen LogP contribution is 2.29. The largest absolute Gasteiger partial charge is 0.459 e. The van der Waals surface area contributed by atoms with Gasteiger partial charge in [0.15, 0.2) is 10.9 Å². The van der Waals surface area contributed by atoms with Gasteiger partial charge in [-0.1, -0.05) is 0 Å². The molecule has 3 rings (SSSR count). The highest BCUT2D eigenvalue weighted by molar-refractivity contribution is 7.15. The Morgan fingerprint density at radius 1 is 1.32 bits per heavy atom. The van der Waals surface area contributed by atoms with Crippen LogP contribution in [0.5, 0.6) is 0 Å². The molecular formula is C15H17N3O3S. The van der Waals surface area contributed by atoms with Gasteiger partial charge in [-0.15, -0.1) is 11.3 Å². The van der Waals surface area contributed by atoms with Crippen LogP contribution in [0.4, 0.5) is 5.13 Å². The predicted molar refractivity (Wildman–Crippen MR) is 83.0 cm³/mol. The van der Waals surface area contributed by atoms with Crippen molar-refractivity contribution in [3.05, 3.63) is 34.7 Å². The zero-order valence-corrected chi connectivity index (χ0v) is 12.9. The Labute approximate surface area is 131 Å². The standard InChI is InChI=1S/C15H17N3O3S/c19-13(7-8-16-14(20)11-5-3-9-21-11)18-15-17-10-4-1-2-6-12(10)22-15/h3,5,9H,1-2,4,6-8H2,(H,16,20)(H,17,18,19). The first-order valence-electron chi connectivity index (χ1n) is 7.32. The summed E-state index contributed by atoms with van der Waals surface area (Å²) in [7, 11) is 0. The Bertz CT molecular complexity index is 640. The molecule has 2 amide bonds. The second kappa shape index (κ2) is 6.74. The van der Waals surface area contributed by atoms with Gasteiger partial charge in [-0.25, -0.2) is 4.98 Å². The number of rotatable bonds is 5. The van der Waals surface area contributed by atoms with E-state index in [4.69, 9.17) is 4.42 Å². The zero-order chi connectivity index (χ0) is 15.4. The van der Waals surface area contributed by atoms with Gasteiger partial charge in [-0.3, -0.25) is 9.59 Å². The fourth-order valence-electron chi connectivity index (χ4n) is 2.37. The van der Waals surface area contributed by atoms with Crippen LogP contribution in [-0.4, -0.2) is 23.3 Å². The Kier molecular flexibility index (Phi) is 4.53. The van der Waals surface area contributed by atoms with Crippen LogP contribution in [0.25, 0.3) is 0 Å². The van der Waals surface area contributed by atoms with E-state index in [1.54, 1.807) is 23.5 Å². The Hall–Kier alpha value is -2.15. The van der Waals surface area contributed by atoms with Crippen LogP contribution in [0.15, 0.2) is 22.8 Å². The van der Waals surface area contributed by atoms with Crippen LogP contribution in [0.3, 0.4) is 0 Å². The highest BCUT2D eigenvalue weighted by atomic mass is 32.1. The molecule has 2 aromatic heterocycles. The number of carbonyl (C=O) groups excluding carboxylic acids is 2. The fourth-order valence-corrected chi connectivity index (χ4v) is 3.44. The van der Waals surface area contributed by atoms with E-state index in [2.05, 4.69) is 15.6 Å². The first kappa shape index (κ1) is 14.8. The minimum Gasteiger partial charge on any atom is -0.459 e. The van der Waals surface area contributed by atoms with E-state index in [1.807, 2.05) is 0 Å². The van der Waals surface area contributed by atoms with E-state index in [9.17, 15) is 9.59 Å². The summed E-state index contributed by atoms with van der Waals surface area (Å²) in [5.74, 6) is -0.221. The number of carbonyl (C=O) groups is 2. The van der Waals surface area contributed by atoms with Crippen molar-refractivity contribution in [3.63, 3.8) is 0 Å². The summed E-state index contributed by atoms with van der Waals surface area (Å²) in [6, 6.07) is 3.22. The van der Waals surface area contributed by atoms with Crippen molar-refractivity contribution in [2.75, 3.05) is 11.9 Å². The predicted octanol–water partition coefficient (Wildman–Crippen LogP) is 2.37. The van der Waals surface area contributed by atoms with Crippen molar-refractivity contribution >= 4 is 28.3 Å². The lowest BCUT2D eigenvalue weighted by molar-refractivity contribution is -0.116. The summed E-state index contributed by atoms with van der Waals surface area (Å²) >= 11 is 1.56. The molecule has 2 N–H and O–H groups in total. The van der Waals surface area contributed by atoms with Gasteiger partial charge in [0.2, 0.25) is 5.91 Å². The third-order valence-electron chi connectivity index (χ3n) is 3.47. The van der Waals surface area contributed by atoms with Gasteiger partial charge in [0, 0.05) is 17.8 Å². The second-order valence-corrected chi connectivity index (χ2v) is 6.21. The molecule has 2 heterocycles. The molecule has 0 saturated heterocycles. The quantitative estimate of drug-likeness (QED) is 0.886. The third-order valence-corrected chi connectivity index (χ3v) is 4.55. The van der Waals surface area contributed by atoms with Gasteiger partial charge in [0.25, 0.3) is 5.91 Å². The number of thiazole rings is 1. The smallest absolute Gasteiger partial charge is 0.286 e. The maximum absolute atomic E-state index is 11.9. The summed E-state index contributed by atoms with van der Waals surface area (Å²) in [5.41, 5.74) is 1.12. The molecule has 2 aromatic rings. The molecule has 0 saturated carbocycles. The summed E-state index contributed by atoms with van der Waals surface area (Å²) in [6.07, 6.45) is 6.07. The van der Waals surface area contributed by atoms with Gasteiger partial charge in [-0.2, -0.15) is 0 Å². The van der Waals surface area contributed by atoms with Crippen LogP contribution in [0.2, 0.25) is 0 Å². The van der Waals surface area contributed by atoms with E-state index in [-0.39, 0.29) is 30.5 Å². The molecule has 7 heteroatoms. The number of furan rings is 1. The minimum absolute atomic E-state index is 0.147. The molecule has 0 aromatic carbocycles. The van der Waals surface area contributed by atoms with E-state index in [0.717, 1.165) is 18.5 Å². The van der Waals surface area contributed by atoms with Gasteiger partial charge >= 0.3 is 0 Å². The molecule has 0 radical (unpaired) electrons. The van der Waals surface area contributed by atoms with Crippen LogP contribution in [0, 0.1) is 0 Å². The van der Waals surface area contributed by atoms with Crippen LogP contribution in [-0.2, 0) is 17.6 Å². The average Bonchev–Trinajstić information content (AvgIpc) is 3.15. The van der Waals surface area contributed by atoms with Crippen LogP contribution < -0.4 is 10.6 Å². The average molecular weight is 319 g/mol. The van der Waals surface area contributed by atoms with E-state index >= 15 is 0 Å². The van der Waals surface area contributed by atoms with Crippen molar-refractivity contribution in [3.8, 4) is 0 Å². The molecule has 22 heavy (non-hydrogen) atoms. The Morgan fingerprint density at radius 2 is 2.18 bits per heavy atom.